The minimum Gasteiger partial charge on any atom is -0.388 e. The van der Waals surface area contributed by atoms with E-state index in [9.17, 15) is 0 Å². The molecule has 0 saturated carbocycles. The van der Waals surface area contributed by atoms with Gasteiger partial charge in [0.05, 0.1) is 0 Å². The van der Waals surface area contributed by atoms with Gasteiger partial charge in [-0.15, -0.1) is 6.58 Å². The van der Waals surface area contributed by atoms with Crippen LogP contribution in [0.25, 0.3) is 0 Å². The Morgan fingerprint density at radius 3 is 2.62 bits per heavy atom. The summed E-state index contributed by atoms with van der Waals surface area (Å²) in [5.74, 6) is 3.73. The van der Waals surface area contributed by atoms with Crippen molar-refractivity contribution in [3.8, 4) is 0 Å². The van der Waals surface area contributed by atoms with E-state index in [0.717, 1.165) is 5.92 Å². The first-order valence-corrected chi connectivity index (χ1v) is 10.6. The Hall–Kier alpha value is -0.930. The summed E-state index contributed by atoms with van der Waals surface area (Å²) in [7, 11) is 2.02. The zero-order chi connectivity index (χ0) is 16.8. The van der Waals surface area contributed by atoms with Crippen molar-refractivity contribution < 1.29 is 0 Å². The predicted octanol–water partition coefficient (Wildman–Crippen LogP) is 4.78. The van der Waals surface area contributed by atoms with Crippen molar-refractivity contribution in [3.05, 3.63) is 42.5 Å². The molecule has 0 aromatic heterocycles. The molecule has 1 aromatic rings. The average Bonchev–Trinajstić information content (AvgIpc) is 2.67. The first-order chi connectivity index (χ1) is 11.8. The summed E-state index contributed by atoms with van der Waals surface area (Å²) < 4.78 is 0. The van der Waals surface area contributed by atoms with Crippen LogP contribution in [0.4, 0.5) is 5.69 Å². The Kier molecular flexibility index (Phi) is 6.29. The molecule has 1 N–H and O–H groups in total. The molecule has 0 aliphatic carbocycles. The monoisotopic (exact) mass is 344 g/mol. The van der Waals surface area contributed by atoms with Gasteiger partial charge in [0.1, 0.15) is 0 Å². The van der Waals surface area contributed by atoms with Gasteiger partial charge < -0.3 is 10.2 Å². The van der Waals surface area contributed by atoms with E-state index in [2.05, 4.69) is 58.9 Å². The number of nitrogens with one attached hydrogen (secondary N) is 1. The van der Waals surface area contributed by atoms with E-state index in [4.69, 9.17) is 0 Å². The minimum atomic E-state index is 0.136. The van der Waals surface area contributed by atoms with Gasteiger partial charge in [0.2, 0.25) is 0 Å². The van der Waals surface area contributed by atoms with Gasteiger partial charge in [-0.3, -0.25) is 0 Å². The van der Waals surface area contributed by atoms with E-state index in [1.165, 1.54) is 74.5 Å². The smallest absolute Gasteiger partial charge is 0.0379 e. The zero-order valence-electron chi connectivity index (χ0n) is 15.1. The third-order valence-corrected chi connectivity index (χ3v) is 7.12. The molecule has 1 aromatic carbocycles. The summed E-state index contributed by atoms with van der Waals surface area (Å²) in [6, 6.07) is 8.75. The maximum absolute atomic E-state index is 4.20. The number of likely N-dealkylation sites (tertiary alicyclic amines) is 1. The fourth-order valence-corrected chi connectivity index (χ4v) is 5.50. The highest BCUT2D eigenvalue weighted by Crippen LogP contribution is 2.40. The van der Waals surface area contributed by atoms with Crippen LogP contribution in [0.15, 0.2) is 36.9 Å². The second kappa shape index (κ2) is 8.44. The normalized spacial score (nSPS) is 22.2. The molecule has 2 aliphatic rings. The summed E-state index contributed by atoms with van der Waals surface area (Å²) in [6.45, 7) is 7.89. The fourth-order valence-electron chi connectivity index (χ4n) is 4.29. The largest absolute Gasteiger partial charge is 0.388 e. The van der Waals surface area contributed by atoms with Crippen LogP contribution in [-0.4, -0.2) is 43.1 Å². The van der Waals surface area contributed by atoms with Crippen LogP contribution in [0.3, 0.4) is 0 Å². The van der Waals surface area contributed by atoms with E-state index < -0.39 is 0 Å². The van der Waals surface area contributed by atoms with Crippen LogP contribution >= 0.6 is 11.8 Å². The molecule has 3 rings (SSSR count). The van der Waals surface area contributed by atoms with E-state index in [0.29, 0.717) is 0 Å². The number of rotatable bonds is 6. The lowest BCUT2D eigenvalue weighted by atomic mass is 9.72. The van der Waals surface area contributed by atoms with Crippen LogP contribution in [0.5, 0.6) is 0 Å². The van der Waals surface area contributed by atoms with E-state index in [1.54, 1.807) is 0 Å². The van der Waals surface area contributed by atoms with Crippen molar-refractivity contribution in [2.75, 3.05) is 43.5 Å². The van der Waals surface area contributed by atoms with Crippen molar-refractivity contribution in [2.45, 2.75) is 37.5 Å². The SMILES string of the molecule is C=CC1(c2ccccc2NC)CCN(CCC2CCSCC2)CC1. The molecular weight excluding hydrogens is 312 g/mol. The maximum atomic E-state index is 4.20. The highest BCUT2D eigenvalue weighted by Gasteiger charge is 2.35. The summed E-state index contributed by atoms with van der Waals surface area (Å²) in [4.78, 5) is 2.69. The van der Waals surface area contributed by atoms with Crippen LogP contribution in [0.1, 0.15) is 37.7 Å². The number of allylic oxidation sites excluding steroid dienone is 1. The standard InChI is InChI=1S/C21H32N2S/c1-3-21(19-6-4-5-7-20(19)22-2)11-14-23(15-12-21)13-8-18-9-16-24-17-10-18/h3-7,18,22H,1,8-17H2,2H3. The molecular formula is C21H32N2S. The Morgan fingerprint density at radius 1 is 1.25 bits per heavy atom. The maximum Gasteiger partial charge on any atom is 0.0379 e. The summed E-state index contributed by atoms with van der Waals surface area (Å²) in [5, 5.41) is 3.37. The molecule has 3 heteroatoms. The molecule has 2 saturated heterocycles. The summed E-state index contributed by atoms with van der Waals surface area (Å²) in [6.07, 6.45) is 8.86. The van der Waals surface area contributed by atoms with Gasteiger partial charge in [0, 0.05) is 18.2 Å². The number of piperidine rings is 1. The van der Waals surface area contributed by atoms with Gasteiger partial charge >= 0.3 is 0 Å². The fraction of sp³-hybridized carbons (Fsp3) is 0.619. The number of hydrogen-bond donors (Lipinski definition) is 1. The van der Waals surface area contributed by atoms with Crippen molar-refractivity contribution >= 4 is 17.4 Å². The Bertz CT molecular complexity index is 528. The van der Waals surface area contributed by atoms with Crippen molar-refractivity contribution in [1.82, 2.24) is 4.90 Å². The first-order valence-electron chi connectivity index (χ1n) is 9.48. The van der Waals surface area contributed by atoms with Crippen LogP contribution in [0.2, 0.25) is 0 Å². The topological polar surface area (TPSA) is 15.3 Å². The number of anilines is 1. The van der Waals surface area contributed by atoms with Crippen LogP contribution in [0, 0.1) is 5.92 Å². The average molecular weight is 345 g/mol. The Labute approximate surface area is 152 Å². The van der Waals surface area contributed by atoms with Gasteiger partial charge in [0.25, 0.3) is 0 Å². The van der Waals surface area contributed by atoms with Crippen molar-refractivity contribution in [1.29, 1.82) is 0 Å². The molecule has 2 fully saturated rings. The Morgan fingerprint density at radius 2 is 1.96 bits per heavy atom. The number of nitrogens with zero attached hydrogens (tertiary/aromatic N) is 1. The second-order valence-electron chi connectivity index (χ2n) is 7.34. The quantitative estimate of drug-likeness (QED) is 0.748. The number of benzene rings is 1. The third-order valence-electron chi connectivity index (χ3n) is 6.07. The molecule has 132 valence electrons. The molecule has 0 atom stereocenters. The van der Waals surface area contributed by atoms with E-state index >= 15 is 0 Å². The lowest BCUT2D eigenvalue weighted by Gasteiger charge is -2.41. The van der Waals surface area contributed by atoms with Crippen LogP contribution in [-0.2, 0) is 5.41 Å². The molecule has 0 bridgehead atoms. The molecule has 0 spiro atoms. The summed E-state index contributed by atoms with van der Waals surface area (Å²) in [5.41, 5.74) is 2.81. The molecule has 0 unspecified atom stereocenters. The van der Waals surface area contributed by atoms with E-state index in [-0.39, 0.29) is 5.41 Å². The molecule has 0 amide bonds. The van der Waals surface area contributed by atoms with E-state index in [1.807, 2.05) is 7.05 Å². The lowest BCUT2D eigenvalue weighted by molar-refractivity contribution is 0.171. The third kappa shape index (κ3) is 4.00. The predicted molar refractivity (Wildman–Crippen MR) is 108 cm³/mol. The highest BCUT2D eigenvalue weighted by atomic mass is 32.2. The minimum absolute atomic E-state index is 0.136. The highest BCUT2D eigenvalue weighted by molar-refractivity contribution is 7.99. The molecule has 2 heterocycles. The molecule has 2 nitrogen and oxygen atoms in total. The second-order valence-corrected chi connectivity index (χ2v) is 8.57. The lowest BCUT2D eigenvalue weighted by Crippen LogP contribution is -2.42. The summed E-state index contributed by atoms with van der Waals surface area (Å²) >= 11 is 2.13. The number of thioether (sulfide) groups is 1. The van der Waals surface area contributed by atoms with Crippen molar-refractivity contribution in [3.63, 3.8) is 0 Å². The van der Waals surface area contributed by atoms with Crippen molar-refractivity contribution in [2.24, 2.45) is 5.92 Å². The van der Waals surface area contributed by atoms with Gasteiger partial charge in [-0.1, -0.05) is 24.3 Å². The Balaban J connectivity index is 1.58. The number of hydrogen-bond acceptors (Lipinski definition) is 3. The first kappa shape index (κ1) is 17.9. The van der Waals surface area contributed by atoms with Gasteiger partial charge in [0.15, 0.2) is 0 Å². The van der Waals surface area contributed by atoms with Gasteiger partial charge in [-0.05, 0) is 80.8 Å². The molecule has 0 radical (unpaired) electrons. The molecule has 2 aliphatic heterocycles. The van der Waals surface area contributed by atoms with Gasteiger partial charge in [-0.2, -0.15) is 11.8 Å². The number of para-hydroxylation sites is 1. The van der Waals surface area contributed by atoms with Crippen LogP contribution < -0.4 is 5.32 Å². The molecule has 24 heavy (non-hydrogen) atoms. The van der Waals surface area contributed by atoms with Gasteiger partial charge in [-0.25, -0.2) is 0 Å². The zero-order valence-corrected chi connectivity index (χ0v) is 15.9.